The van der Waals surface area contributed by atoms with Gasteiger partial charge in [-0.25, -0.2) is 4.39 Å². The van der Waals surface area contributed by atoms with Crippen molar-refractivity contribution in [1.29, 1.82) is 0 Å². The number of piperazine rings is 1. The van der Waals surface area contributed by atoms with Gasteiger partial charge in [0.1, 0.15) is 11.9 Å². The summed E-state index contributed by atoms with van der Waals surface area (Å²) in [5.74, 6) is 0.464. The fourth-order valence-corrected chi connectivity index (χ4v) is 3.91. The zero-order valence-electron chi connectivity index (χ0n) is 14.7. The lowest BCUT2D eigenvalue weighted by Gasteiger charge is -2.41. The number of benzene rings is 1. The largest absolute Gasteiger partial charge is 0.341 e. The summed E-state index contributed by atoms with van der Waals surface area (Å²) < 4.78 is 13.3. The lowest BCUT2D eigenvalue weighted by Crippen LogP contribution is -2.54. The minimum absolute atomic E-state index is 0.169. The lowest BCUT2D eigenvalue weighted by molar-refractivity contribution is -0.139. The topological polar surface area (TPSA) is 35.6 Å². The minimum atomic E-state index is -0.305. The van der Waals surface area contributed by atoms with Crippen molar-refractivity contribution in [2.75, 3.05) is 32.7 Å². The van der Waals surface area contributed by atoms with E-state index >= 15 is 0 Å². The van der Waals surface area contributed by atoms with Crippen LogP contribution in [0.15, 0.2) is 24.3 Å². The summed E-state index contributed by atoms with van der Waals surface area (Å²) in [5.41, 5.74) is 0.897. The quantitative estimate of drug-likeness (QED) is 0.923. The fourth-order valence-electron chi connectivity index (χ4n) is 3.91. The average molecular weight is 333 g/mol. The molecule has 2 aliphatic heterocycles. The SMILES string of the molecule is CC1CCCN(C(=O)C(c2ccc(F)cc2)N2CCNC(C)C2)C1. The highest BCUT2D eigenvalue weighted by atomic mass is 19.1. The Balaban J connectivity index is 1.85. The van der Waals surface area contributed by atoms with E-state index in [1.807, 2.05) is 4.90 Å². The molecular formula is C19H28FN3O. The van der Waals surface area contributed by atoms with Crippen molar-refractivity contribution < 1.29 is 9.18 Å². The zero-order valence-corrected chi connectivity index (χ0v) is 14.7. The van der Waals surface area contributed by atoms with Gasteiger partial charge in [-0.2, -0.15) is 0 Å². The number of rotatable bonds is 3. The molecule has 1 aromatic rings. The Morgan fingerprint density at radius 1 is 1.21 bits per heavy atom. The summed E-state index contributed by atoms with van der Waals surface area (Å²) in [7, 11) is 0. The highest BCUT2D eigenvalue weighted by Crippen LogP contribution is 2.27. The highest BCUT2D eigenvalue weighted by Gasteiger charge is 2.34. The molecule has 2 saturated heterocycles. The minimum Gasteiger partial charge on any atom is -0.341 e. The molecule has 132 valence electrons. The van der Waals surface area contributed by atoms with Gasteiger partial charge in [0.2, 0.25) is 5.91 Å². The Labute approximate surface area is 144 Å². The molecule has 0 aromatic heterocycles. The first-order valence-electron chi connectivity index (χ1n) is 9.06. The molecule has 1 aromatic carbocycles. The van der Waals surface area contributed by atoms with Gasteiger partial charge >= 0.3 is 0 Å². The van der Waals surface area contributed by atoms with Gasteiger partial charge in [-0.05, 0) is 43.4 Å². The van der Waals surface area contributed by atoms with Gasteiger partial charge in [0.05, 0.1) is 0 Å². The zero-order chi connectivity index (χ0) is 17.1. The summed E-state index contributed by atoms with van der Waals surface area (Å²) in [5, 5.41) is 3.43. The normalized spacial score (nSPS) is 27.0. The Kier molecular flexibility index (Phi) is 5.51. The van der Waals surface area contributed by atoms with Crippen molar-refractivity contribution in [3.05, 3.63) is 35.6 Å². The number of nitrogens with one attached hydrogen (secondary N) is 1. The predicted octanol–water partition coefficient (Wildman–Crippen LogP) is 2.42. The van der Waals surface area contributed by atoms with Crippen LogP contribution >= 0.6 is 0 Å². The van der Waals surface area contributed by atoms with Gasteiger partial charge in [-0.1, -0.05) is 19.1 Å². The maximum absolute atomic E-state index is 13.3. The van der Waals surface area contributed by atoms with E-state index in [9.17, 15) is 9.18 Å². The Morgan fingerprint density at radius 3 is 2.62 bits per heavy atom. The van der Waals surface area contributed by atoms with E-state index < -0.39 is 0 Å². The average Bonchev–Trinajstić information content (AvgIpc) is 2.57. The van der Waals surface area contributed by atoms with Crippen LogP contribution in [0, 0.1) is 11.7 Å². The van der Waals surface area contributed by atoms with E-state index in [4.69, 9.17) is 0 Å². The molecule has 3 unspecified atom stereocenters. The van der Waals surface area contributed by atoms with Crippen LogP contribution in [0.3, 0.4) is 0 Å². The molecule has 0 saturated carbocycles. The Morgan fingerprint density at radius 2 is 1.96 bits per heavy atom. The van der Waals surface area contributed by atoms with Crippen molar-refractivity contribution in [3.63, 3.8) is 0 Å². The van der Waals surface area contributed by atoms with Crippen molar-refractivity contribution in [1.82, 2.24) is 15.1 Å². The van der Waals surface area contributed by atoms with E-state index in [1.54, 1.807) is 12.1 Å². The van der Waals surface area contributed by atoms with Crippen LogP contribution in [0.2, 0.25) is 0 Å². The first kappa shape index (κ1) is 17.4. The molecule has 3 atom stereocenters. The number of likely N-dealkylation sites (tertiary alicyclic amines) is 1. The third-order valence-corrected chi connectivity index (χ3v) is 5.15. The summed E-state index contributed by atoms with van der Waals surface area (Å²) in [6, 6.07) is 6.49. The number of nitrogens with zero attached hydrogens (tertiary/aromatic N) is 2. The number of piperidine rings is 1. The molecule has 4 nitrogen and oxygen atoms in total. The second-order valence-corrected chi connectivity index (χ2v) is 7.34. The summed E-state index contributed by atoms with van der Waals surface area (Å²) in [6.07, 6.45) is 2.26. The number of amides is 1. The van der Waals surface area contributed by atoms with E-state index in [1.165, 1.54) is 18.6 Å². The van der Waals surface area contributed by atoms with Gasteiger partial charge in [0, 0.05) is 38.8 Å². The molecule has 0 aliphatic carbocycles. The second kappa shape index (κ2) is 7.62. The van der Waals surface area contributed by atoms with Gasteiger partial charge in [-0.15, -0.1) is 0 Å². The standard InChI is InChI=1S/C19H28FN3O/c1-14-4-3-10-23(12-14)19(24)18(16-5-7-17(20)8-6-16)22-11-9-21-15(2)13-22/h5-8,14-15,18,21H,3-4,9-13H2,1-2H3. The number of carbonyl (C=O) groups is 1. The van der Waals surface area contributed by atoms with E-state index in [-0.39, 0.29) is 17.8 Å². The van der Waals surface area contributed by atoms with Crippen LogP contribution in [0.5, 0.6) is 0 Å². The van der Waals surface area contributed by atoms with Gasteiger partial charge < -0.3 is 10.2 Å². The number of halogens is 1. The molecule has 2 fully saturated rings. The number of hydrogen-bond acceptors (Lipinski definition) is 3. The van der Waals surface area contributed by atoms with Crippen molar-refractivity contribution >= 4 is 5.91 Å². The molecule has 1 amide bonds. The number of carbonyl (C=O) groups excluding carboxylic acids is 1. The molecule has 0 radical (unpaired) electrons. The molecule has 0 spiro atoms. The maximum atomic E-state index is 13.3. The molecule has 2 heterocycles. The van der Waals surface area contributed by atoms with Crippen molar-refractivity contribution in [3.8, 4) is 0 Å². The van der Waals surface area contributed by atoms with Crippen LogP contribution in [-0.4, -0.2) is 54.5 Å². The first-order chi connectivity index (χ1) is 11.5. The van der Waals surface area contributed by atoms with Crippen molar-refractivity contribution in [2.24, 2.45) is 5.92 Å². The Hall–Kier alpha value is -1.46. The summed E-state index contributed by atoms with van der Waals surface area (Å²) >= 11 is 0. The van der Waals surface area contributed by atoms with Gasteiger partial charge in [-0.3, -0.25) is 9.69 Å². The van der Waals surface area contributed by atoms with Crippen LogP contribution < -0.4 is 5.32 Å². The van der Waals surface area contributed by atoms with Crippen molar-refractivity contribution in [2.45, 2.75) is 38.8 Å². The predicted molar refractivity (Wildman–Crippen MR) is 93.2 cm³/mol. The maximum Gasteiger partial charge on any atom is 0.244 e. The third-order valence-electron chi connectivity index (χ3n) is 5.15. The lowest BCUT2D eigenvalue weighted by atomic mass is 9.97. The summed E-state index contributed by atoms with van der Waals surface area (Å²) in [4.78, 5) is 17.6. The van der Waals surface area contributed by atoms with E-state index in [0.29, 0.717) is 12.0 Å². The Bertz CT molecular complexity index is 562. The van der Waals surface area contributed by atoms with Gasteiger partial charge in [0.15, 0.2) is 0 Å². The summed E-state index contributed by atoms with van der Waals surface area (Å²) in [6.45, 7) is 8.56. The first-order valence-corrected chi connectivity index (χ1v) is 9.06. The smallest absolute Gasteiger partial charge is 0.244 e. The van der Waals surface area contributed by atoms with E-state index in [0.717, 1.165) is 44.7 Å². The molecule has 5 heteroatoms. The van der Waals surface area contributed by atoms with Crippen LogP contribution in [0.4, 0.5) is 4.39 Å². The second-order valence-electron chi connectivity index (χ2n) is 7.34. The van der Waals surface area contributed by atoms with Crippen LogP contribution in [0.25, 0.3) is 0 Å². The highest BCUT2D eigenvalue weighted by molar-refractivity contribution is 5.83. The van der Waals surface area contributed by atoms with E-state index in [2.05, 4.69) is 24.1 Å². The third kappa shape index (κ3) is 3.95. The molecule has 0 bridgehead atoms. The molecular weight excluding hydrogens is 305 g/mol. The fraction of sp³-hybridized carbons (Fsp3) is 0.632. The molecule has 2 aliphatic rings. The van der Waals surface area contributed by atoms with Crippen LogP contribution in [0.1, 0.15) is 38.3 Å². The van der Waals surface area contributed by atoms with Gasteiger partial charge in [0.25, 0.3) is 0 Å². The monoisotopic (exact) mass is 333 g/mol. The molecule has 24 heavy (non-hydrogen) atoms. The van der Waals surface area contributed by atoms with Crippen LogP contribution in [-0.2, 0) is 4.79 Å². The molecule has 1 N–H and O–H groups in total. The number of hydrogen-bond donors (Lipinski definition) is 1. The molecule has 3 rings (SSSR count).